The van der Waals surface area contributed by atoms with E-state index in [4.69, 9.17) is 0 Å². The number of allylic oxidation sites excluding steroid dienone is 1. The molecule has 1 aromatic rings. The van der Waals surface area contributed by atoms with Crippen LogP contribution in [0.3, 0.4) is 0 Å². The SMILES string of the molecule is CC=CC(=O)Nc1ccc(F)c(F)c1. The van der Waals surface area contributed by atoms with E-state index in [0.717, 1.165) is 12.1 Å². The third kappa shape index (κ3) is 2.65. The van der Waals surface area contributed by atoms with Crippen LogP contribution in [0.1, 0.15) is 6.92 Å². The summed E-state index contributed by atoms with van der Waals surface area (Å²) >= 11 is 0. The van der Waals surface area contributed by atoms with Gasteiger partial charge in [-0.3, -0.25) is 4.79 Å². The molecule has 0 aromatic heterocycles. The van der Waals surface area contributed by atoms with Crippen LogP contribution in [0.2, 0.25) is 0 Å². The Morgan fingerprint density at radius 2 is 2.07 bits per heavy atom. The van der Waals surface area contributed by atoms with Gasteiger partial charge in [0.25, 0.3) is 0 Å². The maximum Gasteiger partial charge on any atom is 0.248 e. The summed E-state index contributed by atoms with van der Waals surface area (Å²) in [6, 6.07) is 3.18. The second-order valence-electron chi connectivity index (χ2n) is 2.62. The van der Waals surface area contributed by atoms with Gasteiger partial charge in [0, 0.05) is 11.8 Å². The van der Waals surface area contributed by atoms with Crippen LogP contribution in [0, 0.1) is 11.6 Å². The zero-order valence-electron chi connectivity index (χ0n) is 7.55. The third-order valence-electron chi connectivity index (χ3n) is 1.51. The van der Waals surface area contributed by atoms with Crippen molar-refractivity contribution >= 4 is 11.6 Å². The first-order valence-corrected chi connectivity index (χ1v) is 4.02. The van der Waals surface area contributed by atoms with Gasteiger partial charge in [-0.1, -0.05) is 6.08 Å². The summed E-state index contributed by atoms with van der Waals surface area (Å²) in [6.45, 7) is 1.69. The largest absolute Gasteiger partial charge is 0.322 e. The number of hydrogen-bond acceptors (Lipinski definition) is 1. The van der Waals surface area contributed by atoms with Gasteiger partial charge in [0.1, 0.15) is 0 Å². The number of hydrogen-bond donors (Lipinski definition) is 1. The van der Waals surface area contributed by atoms with Crippen molar-refractivity contribution in [2.24, 2.45) is 0 Å². The van der Waals surface area contributed by atoms with Gasteiger partial charge in [0.05, 0.1) is 0 Å². The normalized spacial score (nSPS) is 10.5. The van der Waals surface area contributed by atoms with Crippen molar-refractivity contribution in [1.29, 1.82) is 0 Å². The Balaban J connectivity index is 2.78. The van der Waals surface area contributed by atoms with Crippen molar-refractivity contribution in [2.45, 2.75) is 6.92 Å². The molecule has 0 radical (unpaired) electrons. The highest BCUT2D eigenvalue weighted by Crippen LogP contribution is 2.12. The van der Waals surface area contributed by atoms with Crippen molar-refractivity contribution in [3.63, 3.8) is 0 Å². The highest BCUT2D eigenvalue weighted by atomic mass is 19.2. The van der Waals surface area contributed by atoms with E-state index in [9.17, 15) is 13.6 Å². The van der Waals surface area contributed by atoms with Crippen LogP contribution in [0.5, 0.6) is 0 Å². The molecule has 1 N–H and O–H groups in total. The van der Waals surface area contributed by atoms with Gasteiger partial charge in [-0.25, -0.2) is 8.78 Å². The fourth-order valence-corrected chi connectivity index (χ4v) is 0.909. The lowest BCUT2D eigenvalue weighted by Gasteiger charge is -2.01. The van der Waals surface area contributed by atoms with Gasteiger partial charge in [-0.05, 0) is 25.1 Å². The second-order valence-corrected chi connectivity index (χ2v) is 2.62. The molecule has 1 aromatic carbocycles. The zero-order valence-corrected chi connectivity index (χ0v) is 7.55. The monoisotopic (exact) mass is 197 g/mol. The first kappa shape index (κ1) is 10.4. The fraction of sp³-hybridized carbons (Fsp3) is 0.100. The molecule has 0 unspecified atom stereocenters. The van der Waals surface area contributed by atoms with Crippen LogP contribution in [0.4, 0.5) is 14.5 Å². The van der Waals surface area contributed by atoms with E-state index in [1.165, 1.54) is 12.1 Å². The number of carbonyl (C=O) groups excluding carboxylic acids is 1. The number of halogens is 2. The lowest BCUT2D eigenvalue weighted by Crippen LogP contribution is -2.07. The van der Waals surface area contributed by atoms with Gasteiger partial charge in [0.2, 0.25) is 5.91 Å². The van der Waals surface area contributed by atoms with Crippen LogP contribution < -0.4 is 5.32 Å². The lowest BCUT2D eigenvalue weighted by molar-refractivity contribution is -0.111. The van der Waals surface area contributed by atoms with Crippen molar-refractivity contribution in [3.8, 4) is 0 Å². The van der Waals surface area contributed by atoms with E-state index < -0.39 is 11.6 Å². The predicted octanol–water partition coefficient (Wildman–Crippen LogP) is 2.48. The maximum absolute atomic E-state index is 12.7. The Hall–Kier alpha value is -1.71. The second kappa shape index (κ2) is 4.50. The molecule has 0 aliphatic rings. The van der Waals surface area contributed by atoms with E-state index in [1.807, 2.05) is 0 Å². The molecular weight excluding hydrogens is 188 g/mol. The first-order valence-electron chi connectivity index (χ1n) is 4.02. The Bertz CT molecular complexity index is 374. The van der Waals surface area contributed by atoms with E-state index in [-0.39, 0.29) is 11.6 Å². The molecule has 0 heterocycles. The van der Waals surface area contributed by atoms with E-state index in [0.29, 0.717) is 0 Å². The van der Waals surface area contributed by atoms with Gasteiger partial charge in [-0.2, -0.15) is 0 Å². The number of amides is 1. The molecule has 0 spiro atoms. The smallest absolute Gasteiger partial charge is 0.248 e. The van der Waals surface area contributed by atoms with Crippen molar-refractivity contribution in [1.82, 2.24) is 0 Å². The molecule has 0 fully saturated rings. The quantitative estimate of drug-likeness (QED) is 0.725. The number of anilines is 1. The van der Waals surface area contributed by atoms with Crippen molar-refractivity contribution < 1.29 is 13.6 Å². The average molecular weight is 197 g/mol. The molecular formula is C10H9F2NO. The molecule has 74 valence electrons. The van der Waals surface area contributed by atoms with E-state index in [1.54, 1.807) is 13.0 Å². The van der Waals surface area contributed by atoms with E-state index >= 15 is 0 Å². The number of benzene rings is 1. The van der Waals surface area contributed by atoms with Crippen molar-refractivity contribution in [3.05, 3.63) is 42.0 Å². The minimum Gasteiger partial charge on any atom is -0.322 e. The van der Waals surface area contributed by atoms with Gasteiger partial charge in [-0.15, -0.1) is 0 Å². The topological polar surface area (TPSA) is 29.1 Å². The summed E-state index contributed by atoms with van der Waals surface area (Å²) in [5.41, 5.74) is 0.229. The van der Waals surface area contributed by atoms with Crippen LogP contribution in [-0.2, 0) is 4.79 Å². The fourth-order valence-electron chi connectivity index (χ4n) is 0.909. The van der Waals surface area contributed by atoms with Gasteiger partial charge < -0.3 is 5.32 Å². The molecule has 14 heavy (non-hydrogen) atoms. The summed E-state index contributed by atoms with van der Waals surface area (Å²) < 4.78 is 25.2. The number of nitrogens with one attached hydrogen (secondary N) is 1. The Morgan fingerprint density at radius 1 is 1.36 bits per heavy atom. The molecule has 0 saturated carbocycles. The third-order valence-corrected chi connectivity index (χ3v) is 1.51. The number of carbonyl (C=O) groups is 1. The Labute approximate surface area is 80.2 Å². The van der Waals surface area contributed by atoms with Crippen LogP contribution in [-0.4, -0.2) is 5.91 Å². The van der Waals surface area contributed by atoms with Gasteiger partial charge >= 0.3 is 0 Å². The molecule has 0 saturated heterocycles. The molecule has 0 aliphatic carbocycles. The van der Waals surface area contributed by atoms with Crippen LogP contribution in [0.15, 0.2) is 30.4 Å². The summed E-state index contributed by atoms with van der Waals surface area (Å²) in [6.07, 6.45) is 2.84. The highest BCUT2D eigenvalue weighted by Gasteiger charge is 2.03. The summed E-state index contributed by atoms with van der Waals surface area (Å²) in [5, 5.41) is 2.38. The van der Waals surface area contributed by atoms with Crippen LogP contribution >= 0.6 is 0 Å². The molecule has 0 aliphatic heterocycles. The minimum absolute atomic E-state index is 0.229. The lowest BCUT2D eigenvalue weighted by atomic mass is 10.3. The predicted molar refractivity (Wildman–Crippen MR) is 49.8 cm³/mol. The zero-order chi connectivity index (χ0) is 10.6. The van der Waals surface area contributed by atoms with Gasteiger partial charge in [0.15, 0.2) is 11.6 Å². The van der Waals surface area contributed by atoms with Crippen molar-refractivity contribution in [2.75, 3.05) is 5.32 Å². The molecule has 0 bridgehead atoms. The maximum atomic E-state index is 12.7. The van der Waals surface area contributed by atoms with E-state index in [2.05, 4.69) is 5.32 Å². The summed E-state index contributed by atoms with van der Waals surface area (Å²) in [4.78, 5) is 11.0. The number of rotatable bonds is 2. The minimum atomic E-state index is -0.983. The molecule has 1 amide bonds. The standard InChI is InChI=1S/C10H9F2NO/c1-2-3-10(14)13-7-4-5-8(11)9(12)6-7/h2-6H,1H3,(H,13,14). The molecule has 2 nitrogen and oxygen atoms in total. The molecule has 1 rings (SSSR count). The summed E-state index contributed by atoms with van der Waals surface area (Å²) in [5.74, 6) is -2.30. The first-order chi connectivity index (χ1) is 6.63. The average Bonchev–Trinajstić information content (AvgIpc) is 2.12. The highest BCUT2D eigenvalue weighted by molar-refractivity contribution is 5.99. The molecule has 0 atom stereocenters. The Morgan fingerprint density at radius 3 is 2.64 bits per heavy atom. The molecule has 4 heteroatoms. The summed E-state index contributed by atoms with van der Waals surface area (Å²) in [7, 11) is 0. The Kier molecular flexibility index (Phi) is 3.34. The van der Waals surface area contributed by atoms with Crippen LogP contribution in [0.25, 0.3) is 0 Å².